The van der Waals surface area contributed by atoms with Gasteiger partial charge in [-0.25, -0.2) is 0 Å². The number of amides is 2. The van der Waals surface area contributed by atoms with Crippen molar-refractivity contribution in [1.29, 1.82) is 0 Å². The first-order valence-electron chi connectivity index (χ1n) is 11.4. The van der Waals surface area contributed by atoms with Crippen molar-refractivity contribution in [1.82, 2.24) is 15.2 Å². The molecule has 0 fully saturated rings. The number of carbonyl (C=O) groups excluding carboxylic acids is 2. The number of benzene rings is 3. The number of fused-ring (bicyclic) bond motifs is 2. The second kappa shape index (κ2) is 9.06. The van der Waals surface area contributed by atoms with Crippen molar-refractivity contribution in [3.05, 3.63) is 101 Å². The number of para-hydroxylation sites is 1. The number of aromatic nitrogens is 1. The highest BCUT2D eigenvalue weighted by Gasteiger charge is 2.39. The maximum absolute atomic E-state index is 13.4. The number of methoxy groups -OCH3 is 1. The molecule has 6 nitrogen and oxygen atoms in total. The van der Waals surface area contributed by atoms with Crippen molar-refractivity contribution in [2.75, 3.05) is 13.7 Å². The van der Waals surface area contributed by atoms with E-state index in [2.05, 4.69) is 16.4 Å². The second-order valence-electron chi connectivity index (χ2n) is 8.58. The zero-order valence-corrected chi connectivity index (χ0v) is 19.3. The Balaban J connectivity index is 1.37. The summed E-state index contributed by atoms with van der Waals surface area (Å²) in [6, 6.07) is 23.3. The monoisotopic (exact) mass is 453 g/mol. The fraction of sp³-hybridized carbons (Fsp3) is 0.214. The van der Waals surface area contributed by atoms with Crippen LogP contribution in [0.5, 0.6) is 5.75 Å². The molecule has 4 aromatic rings. The molecule has 0 aliphatic carbocycles. The Morgan fingerprint density at radius 1 is 1.06 bits per heavy atom. The molecule has 1 aromatic heterocycles. The average molecular weight is 454 g/mol. The van der Waals surface area contributed by atoms with Gasteiger partial charge in [-0.05, 0) is 42.3 Å². The fourth-order valence-electron chi connectivity index (χ4n) is 4.86. The Hall–Kier alpha value is -4.06. The number of H-pyrrole nitrogens is 1. The first kappa shape index (κ1) is 21.8. The quantitative estimate of drug-likeness (QED) is 0.425. The highest BCUT2D eigenvalue weighted by atomic mass is 16.5. The third-order valence-corrected chi connectivity index (χ3v) is 6.48. The largest absolute Gasteiger partial charge is 0.497 e. The summed E-state index contributed by atoms with van der Waals surface area (Å²) >= 11 is 0. The molecular weight excluding hydrogens is 426 g/mol. The number of aromatic amines is 1. The van der Waals surface area contributed by atoms with Crippen molar-refractivity contribution in [2.24, 2.45) is 0 Å². The number of nitrogens with one attached hydrogen (secondary N) is 2. The molecular formula is C28H27N3O3. The molecule has 0 bridgehead atoms. The highest BCUT2D eigenvalue weighted by molar-refractivity contribution is 6.01. The van der Waals surface area contributed by atoms with Crippen LogP contribution >= 0.6 is 0 Å². The predicted octanol–water partition coefficient (Wildman–Crippen LogP) is 4.74. The van der Waals surface area contributed by atoms with E-state index in [0.29, 0.717) is 18.7 Å². The zero-order valence-electron chi connectivity index (χ0n) is 19.3. The summed E-state index contributed by atoms with van der Waals surface area (Å²) in [5, 5.41) is 4.06. The molecule has 0 unspecified atom stereocenters. The molecule has 2 heterocycles. The van der Waals surface area contributed by atoms with Crippen LogP contribution in [0.25, 0.3) is 10.9 Å². The van der Waals surface area contributed by atoms with Gasteiger partial charge in [0.25, 0.3) is 5.91 Å². The molecule has 5 rings (SSSR count). The number of ether oxygens (including phenoxy) is 1. The summed E-state index contributed by atoms with van der Waals surface area (Å²) < 4.78 is 5.25. The van der Waals surface area contributed by atoms with Crippen LogP contribution in [-0.4, -0.2) is 35.4 Å². The van der Waals surface area contributed by atoms with E-state index in [1.54, 1.807) is 7.11 Å². The van der Waals surface area contributed by atoms with Gasteiger partial charge in [0.2, 0.25) is 5.91 Å². The van der Waals surface area contributed by atoms with Gasteiger partial charge in [-0.3, -0.25) is 9.59 Å². The molecule has 2 amide bonds. The van der Waals surface area contributed by atoms with Crippen molar-refractivity contribution in [2.45, 2.75) is 25.9 Å². The summed E-state index contributed by atoms with van der Waals surface area (Å²) in [6.45, 7) is 2.79. The lowest BCUT2D eigenvalue weighted by Gasteiger charge is -2.26. The number of rotatable bonds is 7. The third kappa shape index (κ3) is 3.92. The van der Waals surface area contributed by atoms with E-state index in [0.717, 1.165) is 39.0 Å². The standard InChI is InChI=1S/C28H27N3O3/c1-18-26(23-12-5-6-13-24(23)30-18)27-21-10-3-4-11-22(21)28(33)31(27)15-14-25(32)29-17-19-8-7-9-20(16-19)34-2/h3-13,16,27,30H,14-15,17H2,1-2H3,(H,29,32)/t27-/m1/s1. The minimum Gasteiger partial charge on any atom is -0.497 e. The topological polar surface area (TPSA) is 74.4 Å². The molecule has 0 spiro atoms. The maximum Gasteiger partial charge on any atom is 0.255 e. The van der Waals surface area contributed by atoms with E-state index < -0.39 is 0 Å². The van der Waals surface area contributed by atoms with Crippen LogP contribution in [0.1, 0.15) is 45.2 Å². The maximum atomic E-state index is 13.4. The third-order valence-electron chi connectivity index (χ3n) is 6.48. The molecule has 0 radical (unpaired) electrons. The van der Waals surface area contributed by atoms with Crippen LogP contribution < -0.4 is 10.1 Å². The predicted molar refractivity (Wildman–Crippen MR) is 132 cm³/mol. The van der Waals surface area contributed by atoms with E-state index >= 15 is 0 Å². The van der Waals surface area contributed by atoms with Crippen LogP contribution in [0.2, 0.25) is 0 Å². The molecule has 0 saturated heterocycles. The Bertz CT molecular complexity index is 1370. The first-order chi connectivity index (χ1) is 16.6. The minimum atomic E-state index is -0.231. The van der Waals surface area contributed by atoms with Crippen LogP contribution in [-0.2, 0) is 11.3 Å². The van der Waals surface area contributed by atoms with Gasteiger partial charge in [-0.2, -0.15) is 0 Å². The molecule has 2 N–H and O–H groups in total. The summed E-state index contributed by atoms with van der Waals surface area (Å²) in [5.41, 5.74) is 5.81. The fourth-order valence-corrected chi connectivity index (χ4v) is 4.86. The number of aryl methyl sites for hydroxylation is 1. The number of nitrogens with zero attached hydrogens (tertiary/aromatic N) is 1. The lowest BCUT2D eigenvalue weighted by Crippen LogP contribution is -2.34. The molecule has 1 aliphatic rings. The molecule has 3 aromatic carbocycles. The molecule has 1 aliphatic heterocycles. The van der Waals surface area contributed by atoms with Crippen molar-refractivity contribution in [3.63, 3.8) is 0 Å². The van der Waals surface area contributed by atoms with Gasteiger partial charge in [0.1, 0.15) is 5.75 Å². The lowest BCUT2D eigenvalue weighted by molar-refractivity contribution is -0.121. The van der Waals surface area contributed by atoms with E-state index in [9.17, 15) is 9.59 Å². The van der Waals surface area contributed by atoms with Gasteiger partial charge in [0.05, 0.1) is 13.2 Å². The van der Waals surface area contributed by atoms with Gasteiger partial charge >= 0.3 is 0 Å². The Kier molecular flexibility index (Phi) is 5.80. The van der Waals surface area contributed by atoms with E-state index in [-0.39, 0.29) is 24.3 Å². The first-order valence-corrected chi connectivity index (χ1v) is 11.4. The van der Waals surface area contributed by atoms with E-state index in [1.807, 2.05) is 78.6 Å². The van der Waals surface area contributed by atoms with Crippen molar-refractivity contribution < 1.29 is 14.3 Å². The molecule has 34 heavy (non-hydrogen) atoms. The SMILES string of the molecule is COc1cccc(CNC(=O)CCN2C(=O)c3ccccc3[C@@H]2c2c(C)[nH]c3ccccc23)c1. The van der Waals surface area contributed by atoms with Gasteiger partial charge in [0.15, 0.2) is 0 Å². The summed E-state index contributed by atoms with van der Waals surface area (Å²) in [7, 11) is 1.62. The Morgan fingerprint density at radius 2 is 1.85 bits per heavy atom. The summed E-state index contributed by atoms with van der Waals surface area (Å²) in [6.07, 6.45) is 0.224. The van der Waals surface area contributed by atoms with Gasteiger partial charge in [0, 0.05) is 47.2 Å². The summed E-state index contributed by atoms with van der Waals surface area (Å²) in [4.78, 5) is 31.4. The lowest BCUT2D eigenvalue weighted by atomic mass is 9.95. The number of hydrogen-bond donors (Lipinski definition) is 2. The molecule has 6 heteroatoms. The molecule has 0 saturated carbocycles. The smallest absolute Gasteiger partial charge is 0.255 e. The van der Waals surface area contributed by atoms with E-state index in [1.165, 1.54) is 0 Å². The molecule has 172 valence electrons. The van der Waals surface area contributed by atoms with Crippen molar-refractivity contribution >= 4 is 22.7 Å². The Morgan fingerprint density at radius 3 is 2.71 bits per heavy atom. The minimum absolute atomic E-state index is 0.0362. The highest BCUT2D eigenvalue weighted by Crippen LogP contribution is 2.42. The van der Waals surface area contributed by atoms with Crippen LogP contribution in [0.4, 0.5) is 0 Å². The van der Waals surface area contributed by atoms with Crippen molar-refractivity contribution in [3.8, 4) is 5.75 Å². The Labute approximate surface area is 198 Å². The van der Waals surface area contributed by atoms with Crippen LogP contribution in [0.3, 0.4) is 0 Å². The average Bonchev–Trinajstić information content (AvgIpc) is 3.34. The molecule has 1 atom stereocenters. The van der Waals surface area contributed by atoms with Gasteiger partial charge in [-0.15, -0.1) is 0 Å². The van der Waals surface area contributed by atoms with E-state index in [4.69, 9.17) is 4.74 Å². The van der Waals surface area contributed by atoms with Gasteiger partial charge < -0.3 is 19.9 Å². The van der Waals surface area contributed by atoms with Gasteiger partial charge in [-0.1, -0.05) is 48.5 Å². The second-order valence-corrected chi connectivity index (χ2v) is 8.58. The number of hydrogen-bond acceptors (Lipinski definition) is 3. The van der Waals surface area contributed by atoms with Crippen LogP contribution in [0.15, 0.2) is 72.8 Å². The summed E-state index contributed by atoms with van der Waals surface area (Å²) in [5.74, 6) is 0.621. The zero-order chi connectivity index (χ0) is 23.7. The van der Waals surface area contributed by atoms with Crippen LogP contribution in [0, 0.1) is 6.92 Å². The normalized spacial score (nSPS) is 14.9. The number of carbonyl (C=O) groups is 2.